The fraction of sp³-hybridized carbons (Fsp3) is 0.429. The number of aryl methyl sites for hydroxylation is 1. The number of hydrogen-bond donors (Lipinski definition) is 0. The normalized spacial score (nSPS) is 9.06. The van der Waals surface area contributed by atoms with Crippen LogP contribution < -0.4 is 4.74 Å². The second-order valence-electron chi connectivity index (χ2n) is 3.80. The van der Waals surface area contributed by atoms with Gasteiger partial charge in [-0.1, -0.05) is 38.0 Å². The SMILES string of the molecule is CCCCCP.Cc1ccccc1OC(=O)C=O. The summed E-state index contributed by atoms with van der Waals surface area (Å²) in [6, 6.07) is 7.00. The highest BCUT2D eigenvalue weighted by atomic mass is 31.0. The van der Waals surface area contributed by atoms with Gasteiger partial charge in [0.2, 0.25) is 6.29 Å². The molecule has 1 atom stereocenters. The molecule has 100 valence electrons. The molecule has 0 fully saturated rings. The van der Waals surface area contributed by atoms with E-state index < -0.39 is 5.97 Å². The minimum absolute atomic E-state index is 0.145. The molecule has 1 aromatic carbocycles. The van der Waals surface area contributed by atoms with E-state index in [-0.39, 0.29) is 6.29 Å². The highest BCUT2D eigenvalue weighted by molar-refractivity contribution is 7.16. The van der Waals surface area contributed by atoms with Crippen LogP contribution in [-0.4, -0.2) is 18.4 Å². The molecular weight excluding hydrogens is 247 g/mol. The van der Waals surface area contributed by atoms with Crippen molar-refractivity contribution in [3.8, 4) is 5.75 Å². The molecule has 0 saturated carbocycles. The van der Waals surface area contributed by atoms with E-state index >= 15 is 0 Å². The molecule has 0 aliphatic rings. The van der Waals surface area contributed by atoms with Crippen LogP contribution in [0.3, 0.4) is 0 Å². The minimum Gasteiger partial charge on any atom is -0.421 e. The van der Waals surface area contributed by atoms with Gasteiger partial charge in [0.25, 0.3) is 0 Å². The number of benzene rings is 1. The monoisotopic (exact) mass is 268 g/mol. The van der Waals surface area contributed by atoms with Crippen molar-refractivity contribution in [2.75, 3.05) is 6.16 Å². The molecule has 0 aromatic heterocycles. The lowest BCUT2D eigenvalue weighted by Crippen LogP contribution is -2.09. The molecule has 1 unspecified atom stereocenters. The maximum Gasteiger partial charge on any atom is 0.376 e. The maximum atomic E-state index is 10.5. The molecule has 0 heterocycles. The molecular formula is C14H21O3P. The number of unbranched alkanes of at least 4 members (excludes halogenated alkanes) is 2. The third kappa shape index (κ3) is 7.97. The van der Waals surface area contributed by atoms with Crippen molar-refractivity contribution in [1.29, 1.82) is 0 Å². The van der Waals surface area contributed by atoms with Gasteiger partial charge in [-0.2, -0.15) is 0 Å². The lowest BCUT2D eigenvalue weighted by molar-refractivity contribution is -0.141. The van der Waals surface area contributed by atoms with Crippen LogP contribution in [0.5, 0.6) is 5.75 Å². The molecule has 0 bridgehead atoms. The van der Waals surface area contributed by atoms with Gasteiger partial charge in [0.15, 0.2) is 0 Å². The Labute approximate surface area is 111 Å². The van der Waals surface area contributed by atoms with Crippen molar-refractivity contribution in [3.63, 3.8) is 0 Å². The van der Waals surface area contributed by atoms with Gasteiger partial charge in [-0.05, 0) is 31.1 Å². The van der Waals surface area contributed by atoms with Crippen molar-refractivity contribution in [3.05, 3.63) is 29.8 Å². The maximum absolute atomic E-state index is 10.5. The third-order valence-electron chi connectivity index (χ3n) is 2.21. The van der Waals surface area contributed by atoms with Gasteiger partial charge >= 0.3 is 5.97 Å². The Morgan fingerprint density at radius 1 is 1.33 bits per heavy atom. The smallest absolute Gasteiger partial charge is 0.376 e. The predicted molar refractivity (Wildman–Crippen MR) is 77.0 cm³/mol. The number of ether oxygens (including phenoxy) is 1. The van der Waals surface area contributed by atoms with Gasteiger partial charge in [-0.25, -0.2) is 4.79 Å². The second-order valence-corrected chi connectivity index (χ2v) is 4.38. The van der Waals surface area contributed by atoms with E-state index in [1.165, 1.54) is 25.4 Å². The van der Waals surface area contributed by atoms with Crippen molar-refractivity contribution in [1.82, 2.24) is 0 Å². The van der Waals surface area contributed by atoms with E-state index in [9.17, 15) is 9.59 Å². The Morgan fingerprint density at radius 3 is 2.44 bits per heavy atom. The van der Waals surface area contributed by atoms with Gasteiger partial charge in [0, 0.05) is 0 Å². The first kappa shape index (κ1) is 16.8. The summed E-state index contributed by atoms with van der Waals surface area (Å²) in [4.78, 5) is 20.5. The summed E-state index contributed by atoms with van der Waals surface area (Å²) in [5, 5.41) is 0. The Kier molecular flexibility index (Phi) is 10.2. The van der Waals surface area contributed by atoms with Gasteiger partial charge in [-0.15, -0.1) is 9.24 Å². The molecule has 1 rings (SSSR count). The van der Waals surface area contributed by atoms with Gasteiger partial charge in [0.1, 0.15) is 5.75 Å². The summed E-state index contributed by atoms with van der Waals surface area (Å²) in [6.07, 6.45) is 5.53. The Morgan fingerprint density at radius 2 is 2.00 bits per heavy atom. The molecule has 0 radical (unpaired) electrons. The molecule has 0 N–H and O–H groups in total. The number of esters is 1. The van der Waals surface area contributed by atoms with E-state index in [1.54, 1.807) is 25.1 Å². The first-order valence-corrected chi connectivity index (χ1v) is 6.90. The zero-order valence-corrected chi connectivity index (χ0v) is 12.2. The molecule has 0 amide bonds. The van der Waals surface area contributed by atoms with E-state index in [4.69, 9.17) is 0 Å². The van der Waals surface area contributed by atoms with Crippen LogP contribution in [0, 0.1) is 6.92 Å². The molecule has 0 spiro atoms. The molecule has 0 aliphatic heterocycles. The largest absolute Gasteiger partial charge is 0.421 e. The van der Waals surface area contributed by atoms with Crippen molar-refractivity contribution in [2.24, 2.45) is 0 Å². The predicted octanol–water partition coefficient (Wildman–Crippen LogP) is 3.15. The summed E-state index contributed by atoms with van der Waals surface area (Å²) in [5.41, 5.74) is 0.827. The zero-order valence-electron chi connectivity index (χ0n) is 11.0. The quantitative estimate of drug-likeness (QED) is 0.206. The van der Waals surface area contributed by atoms with Crippen molar-refractivity contribution in [2.45, 2.75) is 33.1 Å². The van der Waals surface area contributed by atoms with Gasteiger partial charge in [-0.3, -0.25) is 4.79 Å². The van der Waals surface area contributed by atoms with E-state index in [1.807, 2.05) is 6.07 Å². The number of aldehydes is 1. The second kappa shape index (κ2) is 10.9. The van der Waals surface area contributed by atoms with E-state index in [0.717, 1.165) is 5.56 Å². The summed E-state index contributed by atoms with van der Waals surface area (Å²) in [7, 11) is 2.73. The molecule has 18 heavy (non-hydrogen) atoms. The van der Waals surface area contributed by atoms with Crippen molar-refractivity contribution < 1.29 is 14.3 Å². The molecule has 4 heteroatoms. The Hall–Kier alpha value is -1.21. The highest BCUT2D eigenvalue weighted by Gasteiger charge is 2.03. The Balaban J connectivity index is 0.000000411. The van der Waals surface area contributed by atoms with Crippen LogP contribution in [0.25, 0.3) is 0 Å². The van der Waals surface area contributed by atoms with Gasteiger partial charge < -0.3 is 4.74 Å². The summed E-state index contributed by atoms with van der Waals surface area (Å²) >= 11 is 0. The molecule has 1 aromatic rings. The van der Waals surface area contributed by atoms with Crippen LogP contribution in [0.2, 0.25) is 0 Å². The third-order valence-corrected chi connectivity index (χ3v) is 2.62. The van der Waals surface area contributed by atoms with Crippen LogP contribution in [0.15, 0.2) is 24.3 Å². The summed E-state index contributed by atoms with van der Waals surface area (Å²) < 4.78 is 4.69. The number of rotatable bonds is 5. The highest BCUT2D eigenvalue weighted by Crippen LogP contribution is 2.15. The summed E-state index contributed by atoms with van der Waals surface area (Å²) in [5.74, 6) is -0.445. The molecule has 0 saturated heterocycles. The van der Waals surface area contributed by atoms with Crippen LogP contribution in [0.1, 0.15) is 31.7 Å². The van der Waals surface area contributed by atoms with Crippen LogP contribution in [-0.2, 0) is 9.59 Å². The molecule has 0 aliphatic carbocycles. The fourth-order valence-electron chi connectivity index (χ4n) is 1.20. The number of carbonyl (C=O) groups is 2. The first-order valence-electron chi connectivity index (χ1n) is 6.08. The van der Waals surface area contributed by atoms with E-state index in [0.29, 0.717) is 5.75 Å². The fourth-order valence-corrected chi connectivity index (χ4v) is 1.49. The van der Waals surface area contributed by atoms with Crippen molar-refractivity contribution >= 4 is 21.5 Å². The van der Waals surface area contributed by atoms with Gasteiger partial charge in [0.05, 0.1) is 0 Å². The Bertz CT molecular complexity index is 360. The van der Waals surface area contributed by atoms with E-state index in [2.05, 4.69) is 20.9 Å². The first-order chi connectivity index (χ1) is 8.65. The standard InChI is InChI=1S/C9H8O3.C5H13P/c1-7-4-2-3-5-8(7)12-9(11)6-10;1-2-3-4-5-6/h2-6H,1H3;2-6H2,1H3. The number of para-hydroxylation sites is 1. The lowest BCUT2D eigenvalue weighted by atomic mass is 10.2. The number of hydrogen-bond acceptors (Lipinski definition) is 3. The topological polar surface area (TPSA) is 43.4 Å². The molecule has 3 nitrogen and oxygen atoms in total. The zero-order chi connectivity index (χ0) is 13.8. The van der Waals surface area contributed by atoms with Crippen LogP contribution >= 0.6 is 9.24 Å². The number of carbonyl (C=O) groups excluding carboxylic acids is 2. The lowest BCUT2D eigenvalue weighted by Gasteiger charge is -2.02. The summed E-state index contributed by atoms with van der Waals surface area (Å²) in [6.45, 7) is 4.02. The average molecular weight is 268 g/mol. The van der Waals surface area contributed by atoms with Crippen LogP contribution in [0.4, 0.5) is 0 Å². The average Bonchev–Trinajstić information content (AvgIpc) is 2.39. The minimum atomic E-state index is -0.871.